The Morgan fingerprint density at radius 2 is 2.20 bits per heavy atom. The molecule has 3 rings (SSSR count). The van der Waals surface area contributed by atoms with Crippen molar-refractivity contribution in [2.75, 3.05) is 26.7 Å². The van der Waals surface area contributed by atoms with Crippen molar-refractivity contribution >= 4 is 16.9 Å². The van der Waals surface area contributed by atoms with Crippen molar-refractivity contribution < 1.29 is 9.53 Å². The van der Waals surface area contributed by atoms with Crippen molar-refractivity contribution in [3.05, 3.63) is 17.7 Å². The largest absolute Gasteiger partial charge is 0.496 e. The number of nitrogens with one attached hydrogen (secondary N) is 1. The Labute approximate surface area is 148 Å². The van der Waals surface area contributed by atoms with Gasteiger partial charge in [0.1, 0.15) is 11.3 Å². The van der Waals surface area contributed by atoms with Gasteiger partial charge in [-0.3, -0.25) is 4.79 Å². The third-order valence-corrected chi connectivity index (χ3v) is 4.96. The van der Waals surface area contributed by atoms with Crippen molar-refractivity contribution in [3.8, 4) is 5.75 Å². The van der Waals surface area contributed by atoms with Crippen molar-refractivity contribution in [2.24, 2.45) is 7.05 Å². The highest BCUT2D eigenvalue weighted by Crippen LogP contribution is 2.25. The van der Waals surface area contributed by atoms with Crippen LogP contribution in [0.4, 0.5) is 0 Å². The topological polar surface area (TPSA) is 72.3 Å². The Morgan fingerprint density at radius 1 is 1.36 bits per heavy atom. The number of amides is 1. The van der Waals surface area contributed by atoms with Crippen LogP contribution in [-0.2, 0) is 7.05 Å². The average Bonchev–Trinajstić information content (AvgIpc) is 2.96. The number of nitrogens with zero attached hydrogens (tertiary/aromatic N) is 4. The molecule has 1 amide bonds. The van der Waals surface area contributed by atoms with E-state index in [0.717, 1.165) is 38.0 Å². The number of fused-ring (bicyclic) bond motifs is 1. The Kier molecular flexibility index (Phi) is 5.53. The minimum Gasteiger partial charge on any atom is -0.496 e. The van der Waals surface area contributed by atoms with Crippen LogP contribution < -0.4 is 10.1 Å². The molecule has 0 spiro atoms. The molecule has 0 aliphatic carbocycles. The van der Waals surface area contributed by atoms with Gasteiger partial charge in [0.2, 0.25) is 0 Å². The van der Waals surface area contributed by atoms with Crippen LogP contribution in [0.5, 0.6) is 5.75 Å². The molecule has 1 fully saturated rings. The van der Waals surface area contributed by atoms with Crippen LogP contribution in [0.2, 0.25) is 0 Å². The SMILES string of the molecule is CCN1CCCCC[C@@H](NC(=O)c2cc3nnn(C)c3cc2OC)C1. The summed E-state index contributed by atoms with van der Waals surface area (Å²) in [6, 6.07) is 3.74. The maximum absolute atomic E-state index is 12.9. The minimum atomic E-state index is -0.106. The molecule has 1 aliphatic rings. The van der Waals surface area contributed by atoms with Crippen molar-refractivity contribution in [3.63, 3.8) is 0 Å². The van der Waals surface area contributed by atoms with E-state index in [9.17, 15) is 4.79 Å². The van der Waals surface area contributed by atoms with Crippen molar-refractivity contribution in [1.82, 2.24) is 25.2 Å². The lowest BCUT2D eigenvalue weighted by Crippen LogP contribution is -2.45. The van der Waals surface area contributed by atoms with Gasteiger partial charge in [-0.25, -0.2) is 4.68 Å². The van der Waals surface area contributed by atoms with Gasteiger partial charge in [-0.1, -0.05) is 25.0 Å². The second kappa shape index (κ2) is 7.82. The first-order valence-electron chi connectivity index (χ1n) is 9.03. The highest BCUT2D eigenvalue weighted by atomic mass is 16.5. The molecule has 25 heavy (non-hydrogen) atoms. The van der Waals surface area contributed by atoms with E-state index in [2.05, 4.69) is 27.5 Å². The molecule has 0 radical (unpaired) electrons. The Balaban J connectivity index is 1.80. The smallest absolute Gasteiger partial charge is 0.255 e. The third-order valence-electron chi connectivity index (χ3n) is 4.96. The lowest BCUT2D eigenvalue weighted by molar-refractivity contribution is 0.0914. The molecule has 0 unspecified atom stereocenters. The maximum atomic E-state index is 12.9. The van der Waals surface area contributed by atoms with Crippen LogP contribution in [-0.4, -0.2) is 58.6 Å². The summed E-state index contributed by atoms with van der Waals surface area (Å²) in [5.74, 6) is 0.444. The molecular formula is C18H27N5O2. The summed E-state index contributed by atoms with van der Waals surface area (Å²) in [6.07, 6.45) is 4.63. The fourth-order valence-corrected chi connectivity index (χ4v) is 3.47. The quantitative estimate of drug-likeness (QED) is 0.917. The van der Waals surface area contributed by atoms with E-state index in [4.69, 9.17) is 4.74 Å². The molecule has 1 atom stereocenters. The normalized spacial score (nSPS) is 19.4. The maximum Gasteiger partial charge on any atom is 0.255 e. The minimum absolute atomic E-state index is 0.106. The zero-order valence-corrected chi connectivity index (χ0v) is 15.3. The summed E-state index contributed by atoms with van der Waals surface area (Å²) in [5, 5.41) is 11.3. The molecule has 136 valence electrons. The number of hydrogen-bond acceptors (Lipinski definition) is 5. The molecule has 7 heteroatoms. The van der Waals surface area contributed by atoms with Gasteiger partial charge in [-0.2, -0.15) is 0 Å². The van der Waals surface area contributed by atoms with Gasteiger partial charge < -0.3 is 15.0 Å². The molecule has 1 saturated heterocycles. The average molecular weight is 345 g/mol. The third kappa shape index (κ3) is 3.92. The Bertz CT molecular complexity index is 742. The van der Waals surface area contributed by atoms with Crippen molar-refractivity contribution in [1.29, 1.82) is 0 Å². The van der Waals surface area contributed by atoms with Gasteiger partial charge in [0.25, 0.3) is 5.91 Å². The number of likely N-dealkylation sites (tertiary alicyclic amines) is 1. The molecule has 1 aromatic carbocycles. The van der Waals surface area contributed by atoms with E-state index in [0.29, 0.717) is 16.8 Å². The fourth-order valence-electron chi connectivity index (χ4n) is 3.47. The van der Waals surface area contributed by atoms with E-state index in [1.54, 1.807) is 17.9 Å². The zero-order chi connectivity index (χ0) is 17.8. The second-order valence-corrected chi connectivity index (χ2v) is 6.67. The summed E-state index contributed by atoms with van der Waals surface area (Å²) in [4.78, 5) is 15.3. The number of benzene rings is 1. The number of aromatic nitrogens is 3. The van der Waals surface area contributed by atoms with E-state index >= 15 is 0 Å². The van der Waals surface area contributed by atoms with Gasteiger partial charge in [-0.05, 0) is 32.0 Å². The molecule has 1 N–H and O–H groups in total. The predicted octanol–water partition coefficient (Wildman–Crippen LogP) is 1.97. The number of methoxy groups -OCH3 is 1. The van der Waals surface area contributed by atoms with Crippen LogP contribution in [0.3, 0.4) is 0 Å². The second-order valence-electron chi connectivity index (χ2n) is 6.67. The summed E-state index contributed by atoms with van der Waals surface area (Å²) >= 11 is 0. The summed E-state index contributed by atoms with van der Waals surface area (Å²) in [6.45, 7) is 5.20. The lowest BCUT2D eigenvalue weighted by Gasteiger charge is -2.29. The molecule has 7 nitrogen and oxygen atoms in total. The van der Waals surface area contributed by atoms with Gasteiger partial charge in [0, 0.05) is 25.7 Å². The first kappa shape index (κ1) is 17.7. The first-order valence-corrected chi connectivity index (χ1v) is 9.03. The molecule has 2 aromatic rings. The summed E-state index contributed by atoms with van der Waals surface area (Å²) < 4.78 is 7.11. The van der Waals surface area contributed by atoms with Crippen LogP contribution in [0.15, 0.2) is 12.1 Å². The number of carbonyl (C=O) groups is 1. The Hall–Kier alpha value is -2.15. The number of hydrogen-bond donors (Lipinski definition) is 1. The van der Waals surface area contributed by atoms with E-state index in [-0.39, 0.29) is 11.9 Å². The number of aryl methyl sites for hydroxylation is 1. The molecule has 0 bridgehead atoms. The molecule has 1 aromatic heterocycles. The van der Waals surface area contributed by atoms with Crippen LogP contribution in [0.1, 0.15) is 43.0 Å². The van der Waals surface area contributed by atoms with Crippen LogP contribution in [0, 0.1) is 0 Å². The monoisotopic (exact) mass is 345 g/mol. The van der Waals surface area contributed by atoms with Gasteiger partial charge in [0.15, 0.2) is 0 Å². The van der Waals surface area contributed by atoms with E-state index in [1.165, 1.54) is 12.8 Å². The number of likely N-dealkylation sites (N-methyl/N-ethyl adjacent to an activating group) is 1. The fraction of sp³-hybridized carbons (Fsp3) is 0.611. The highest BCUT2D eigenvalue weighted by Gasteiger charge is 2.21. The number of rotatable bonds is 4. The van der Waals surface area contributed by atoms with Gasteiger partial charge >= 0.3 is 0 Å². The van der Waals surface area contributed by atoms with Crippen molar-refractivity contribution in [2.45, 2.75) is 38.6 Å². The number of carbonyl (C=O) groups excluding carboxylic acids is 1. The highest BCUT2D eigenvalue weighted by molar-refractivity contribution is 6.00. The standard InChI is InChI=1S/C18H27N5O2/c1-4-23-9-7-5-6-8-13(12-23)19-18(24)14-10-15-16(11-17(14)25-3)22(2)21-20-15/h10-11,13H,4-9,12H2,1-3H3,(H,19,24)/t13-/m1/s1. The van der Waals surface area contributed by atoms with Crippen LogP contribution >= 0.6 is 0 Å². The summed E-state index contributed by atoms with van der Waals surface area (Å²) in [5.41, 5.74) is 2.05. The molecule has 0 saturated carbocycles. The van der Waals surface area contributed by atoms with Gasteiger partial charge in [-0.15, -0.1) is 5.10 Å². The first-order chi connectivity index (χ1) is 12.1. The predicted molar refractivity (Wildman–Crippen MR) is 96.9 cm³/mol. The van der Waals surface area contributed by atoms with Crippen LogP contribution in [0.25, 0.3) is 11.0 Å². The summed E-state index contributed by atoms with van der Waals surface area (Å²) in [7, 11) is 3.40. The lowest BCUT2D eigenvalue weighted by atomic mass is 10.0. The Morgan fingerprint density at radius 3 is 2.96 bits per heavy atom. The molecular weight excluding hydrogens is 318 g/mol. The molecule has 1 aliphatic heterocycles. The van der Waals surface area contributed by atoms with E-state index in [1.807, 2.05) is 13.1 Å². The zero-order valence-electron chi connectivity index (χ0n) is 15.3. The van der Waals surface area contributed by atoms with E-state index < -0.39 is 0 Å². The number of ether oxygens (including phenoxy) is 1. The van der Waals surface area contributed by atoms with Gasteiger partial charge in [0.05, 0.1) is 18.2 Å². The molecule has 2 heterocycles.